The topological polar surface area (TPSA) is 64.0 Å². The quantitative estimate of drug-likeness (QED) is 0.808. The van der Waals surface area contributed by atoms with Crippen LogP contribution in [0.4, 0.5) is 9.52 Å². The van der Waals surface area contributed by atoms with E-state index in [0.29, 0.717) is 17.2 Å². The number of amides is 1. The molecule has 0 aliphatic rings. The fraction of sp³-hybridized carbons (Fsp3) is 0.133. The van der Waals surface area contributed by atoms with Crippen molar-refractivity contribution in [3.05, 3.63) is 57.6 Å². The van der Waals surface area contributed by atoms with E-state index in [1.54, 1.807) is 16.1 Å². The number of thiazole rings is 1. The number of benzene rings is 1. The van der Waals surface area contributed by atoms with Crippen LogP contribution in [-0.4, -0.2) is 15.5 Å². The second kappa shape index (κ2) is 5.69. The van der Waals surface area contributed by atoms with Crippen LogP contribution in [0.5, 0.6) is 0 Å². The Labute approximate surface area is 129 Å². The predicted molar refractivity (Wildman–Crippen MR) is 83.9 cm³/mol. The molecule has 22 heavy (non-hydrogen) atoms. The van der Waals surface area contributed by atoms with Crippen LogP contribution in [0, 0.1) is 5.82 Å². The normalized spacial score (nSPS) is 10.8. The summed E-state index contributed by atoms with van der Waals surface area (Å²) in [5, 5.41) is 4.89. The number of carbonyl (C=O) groups excluding carboxylic acids is 1. The second-order valence-corrected chi connectivity index (χ2v) is 5.51. The summed E-state index contributed by atoms with van der Waals surface area (Å²) < 4.78 is 15.2. The Bertz CT molecular complexity index is 903. The van der Waals surface area contributed by atoms with Crippen LogP contribution in [0.3, 0.4) is 0 Å². The van der Waals surface area contributed by atoms with E-state index in [-0.39, 0.29) is 10.9 Å². The smallest absolute Gasteiger partial charge is 0.262 e. The standard InChI is InChI=1S/C15H12FN3O2S/c1-2-19-8-11(14(21)18-15-17-5-6-22-15)13(20)10-7-9(16)3-4-12(10)19/h3-8H,2H2,1H3,(H,17,18,21). The summed E-state index contributed by atoms with van der Waals surface area (Å²) in [5.74, 6) is -1.06. The van der Waals surface area contributed by atoms with E-state index in [2.05, 4.69) is 10.3 Å². The van der Waals surface area contributed by atoms with Gasteiger partial charge in [-0.15, -0.1) is 11.3 Å². The highest BCUT2D eigenvalue weighted by molar-refractivity contribution is 7.13. The van der Waals surface area contributed by atoms with Crippen LogP contribution in [-0.2, 0) is 6.54 Å². The van der Waals surface area contributed by atoms with E-state index >= 15 is 0 Å². The van der Waals surface area contributed by atoms with Crippen molar-refractivity contribution in [2.45, 2.75) is 13.5 Å². The lowest BCUT2D eigenvalue weighted by molar-refractivity contribution is 0.102. The first-order valence-electron chi connectivity index (χ1n) is 6.63. The average molecular weight is 317 g/mol. The number of nitrogens with one attached hydrogen (secondary N) is 1. The Morgan fingerprint density at radius 1 is 1.45 bits per heavy atom. The van der Waals surface area contributed by atoms with Crippen LogP contribution in [0.15, 0.2) is 40.8 Å². The molecule has 2 aromatic heterocycles. The van der Waals surface area contributed by atoms with Gasteiger partial charge in [-0.05, 0) is 25.1 Å². The minimum Gasteiger partial charge on any atom is -0.347 e. The molecule has 2 heterocycles. The number of halogens is 1. The van der Waals surface area contributed by atoms with Gasteiger partial charge >= 0.3 is 0 Å². The molecule has 7 heteroatoms. The van der Waals surface area contributed by atoms with Crippen molar-refractivity contribution < 1.29 is 9.18 Å². The number of rotatable bonds is 3. The van der Waals surface area contributed by atoms with E-state index in [4.69, 9.17) is 0 Å². The van der Waals surface area contributed by atoms with E-state index < -0.39 is 17.2 Å². The van der Waals surface area contributed by atoms with E-state index in [0.717, 1.165) is 6.07 Å². The van der Waals surface area contributed by atoms with Crippen LogP contribution < -0.4 is 10.7 Å². The Kier molecular flexibility index (Phi) is 3.72. The fourth-order valence-electron chi connectivity index (χ4n) is 2.24. The number of aromatic nitrogens is 2. The molecule has 0 aliphatic heterocycles. The summed E-state index contributed by atoms with van der Waals surface area (Å²) in [4.78, 5) is 28.7. The molecular weight excluding hydrogens is 305 g/mol. The van der Waals surface area contributed by atoms with Gasteiger partial charge in [0.2, 0.25) is 5.43 Å². The maximum absolute atomic E-state index is 13.4. The summed E-state index contributed by atoms with van der Waals surface area (Å²) in [5.41, 5.74) is 0.0723. The van der Waals surface area contributed by atoms with Gasteiger partial charge in [0.1, 0.15) is 11.4 Å². The van der Waals surface area contributed by atoms with Gasteiger partial charge in [-0.2, -0.15) is 0 Å². The van der Waals surface area contributed by atoms with E-state index in [1.807, 2.05) is 6.92 Å². The van der Waals surface area contributed by atoms with E-state index in [9.17, 15) is 14.0 Å². The van der Waals surface area contributed by atoms with Crippen LogP contribution in [0.1, 0.15) is 17.3 Å². The molecule has 0 radical (unpaired) electrons. The SMILES string of the molecule is CCn1cc(C(=O)Nc2nccs2)c(=O)c2cc(F)ccc21. The number of hydrogen-bond donors (Lipinski definition) is 1. The average Bonchev–Trinajstić information content (AvgIpc) is 3.01. The highest BCUT2D eigenvalue weighted by Crippen LogP contribution is 2.16. The zero-order valence-corrected chi connectivity index (χ0v) is 12.5. The van der Waals surface area contributed by atoms with Crippen molar-refractivity contribution in [2.75, 3.05) is 5.32 Å². The molecule has 0 fully saturated rings. The summed E-state index contributed by atoms with van der Waals surface area (Å²) in [6.07, 6.45) is 3.05. The maximum atomic E-state index is 13.4. The zero-order chi connectivity index (χ0) is 15.7. The van der Waals surface area contributed by atoms with Gasteiger partial charge < -0.3 is 4.57 Å². The molecule has 0 unspecified atom stereocenters. The third-order valence-corrected chi connectivity index (χ3v) is 3.97. The number of hydrogen-bond acceptors (Lipinski definition) is 4. The number of pyridine rings is 1. The summed E-state index contributed by atoms with van der Waals surface area (Å²) >= 11 is 1.26. The first-order valence-corrected chi connectivity index (χ1v) is 7.51. The molecule has 3 rings (SSSR count). The number of fused-ring (bicyclic) bond motifs is 1. The van der Waals surface area contributed by atoms with Crippen LogP contribution >= 0.6 is 11.3 Å². The minimum atomic E-state index is -0.548. The summed E-state index contributed by atoms with van der Waals surface area (Å²) in [6.45, 7) is 2.44. The molecule has 0 aliphatic carbocycles. The molecule has 1 aromatic carbocycles. The van der Waals surface area contributed by atoms with Gasteiger partial charge in [-0.3, -0.25) is 14.9 Å². The molecule has 0 saturated heterocycles. The highest BCUT2D eigenvalue weighted by atomic mass is 32.1. The minimum absolute atomic E-state index is 0.0323. The third-order valence-electron chi connectivity index (χ3n) is 3.28. The van der Waals surface area contributed by atoms with Crippen molar-refractivity contribution in [3.8, 4) is 0 Å². The Morgan fingerprint density at radius 3 is 2.95 bits per heavy atom. The monoisotopic (exact) mass is 317 g/mol. The fourth-order valence-corrected chi connectivity index (χ4v) is 2.77. The van der Waals surface area contributed by atoms with Crippen molar-refractivity contribution in [1.82, 2.24) is 9.55 Å². The van der Waals surface area contributed by atoms with Gasteiger partial charge in [-0.25, -0.2) is 9.37 Å². The number of anilines is 1. The first kappa shape index (κ1) is 14.4. The molecule has 1 amide bonds. The van der Waals surface area contributed by atoms with Crippen molar-refractivity contribution in [2.24, 2.45) is 0 Å². The summed E-state index contributed by atoms with van der Waals surface area (Å²) in [7, 11) is 0. The number of nitrogens with zero attached hydrogens (tertiary/aromatic N) is 2. The molecule has 0 atom stereocenters. The summed E-state index contributed by atoms with van der Waals surface area (Å²) in [6, 6.07) is 3.99. The Morgan fingerprint density at radius 2 is 2.27 bits per heavy atom. The molecule has 0 spiro atoms. The largest absolute Gasteiger partial charge is 0.347 e. The van der Waals surface area contributed by atoms with Crippen LogP contribution in [0.2, 0.25) is 0 Å². The van der Waals surface area contributed by atoms with Crippen LogP contribution in [0.25, 0.3) is 10.9 Å². The van der Waals surface area contributed by atoms with Gasteiger partial charge in [0.15, 0.2) is 5.13 Å². The maximum Gasteiger partial charge on any atom is 0.262 e. The molecule has 1 N–H and O–H groups in total. The zero-order valence-electron chi connectivity index (χ0n) is 11.7. The first-order chi connectivity index (χ1) is 10.6. The van der Waals surface area contributed by atoms with Gasteiger partial charge in [0.05, 0.1) is 5.52 Å². The molecule has 112 valence electrons. The van der Waals surface area contributed by atoms with Crippen molar-refractivity contribution >= 4 is 33.3 Å². The van der Waals surface area contributed by atoms with Gasteiger partial charge in [0, 0.05) is 29.7 Å². The molecule has 0 saturated carbocycles. The lowest BCUT2D eigenvalue weighted by atomic mass is 10.1. The predicted octanol–water partition coefficient (Wildman–Crippen LogP) is 2.87. The lowest BCUT2D eigenvalue weighted by Crippen LogP contribution is -2.23. The molecule has 0 bridgehead atoms. The molecule has 5 nitrogen and oxygen atoms in total. The van der Waals surface area contributed by atoms with E-state index in [1.165, 1.54) is 29.7 Å². The van der Waals surface area contributed by atoms with Gasteiger partial charge in [0.25, 0.3) is 5.91 Å². The molecular formula is C15H12FN3O2S. The molecule has 3 aromatic rings. The Hall–Kier alpha value is -2.54. The lowest BCUT2D eigenvalue weighted by Gasteiger charge is -2.11. The Balaban J connectivity index is 2.15. The second-order valence-electron chi connectivity index (χ2n) is 4.61. The highest BCUT2D eigenvalue weighted by Gasteiger charge is 2.16. The number of carbonyl (C=O) groups is 1. The number of aryl methyl sites for hydroxylation is 1. The third kappa shape index (κ3) is 2.50. The van der Waals surface area contributed by atoms with Gasteiger partial charge in [-0.1, -0.05) is 0 Å². The van der Waals surface area contributed by atoms with Crippen molar-refractivity contribution in [3.63, 3.8) is 0 Å². The van der Waals surface area contributed by atoms with Crippen molar-refractivity contribution in [1.29, 1.82) is 0 Å².